The van der Waals surface area contributed by atoms with Crippen LogP contribution in [-0.4, -0.2) is 5.11 Å². The Hall–Kier alpha value is -0.850. The molecule has 1 nitrogen and oxygen atoms in total. The Morgan fingerprint density at radius 2 is 2.50 bits per heavy atom. The van der Waals surface area contributed by atoms with E-state index in [1.165, 1.54) is 0 Å². The molecule has 0 amide bonds. The summed E-state index contributed by atoms with van der Waals surface area (Å²) in [5.74, 6) is 0.701. The van der Waals surface area contributed by atoms with Gasteiger partial charge in [0.25, 0.3) is 0 Å². The molecular weight excluding hydrogens is 100 g/mol. The second-order valence-corrected chi connectivity index (χ2v) is 2.01. The van der Waals surface area contributed by atoms with Gasteiger partial charge < -0.3 is 5.11 Å². The minimum atomic E-state index is 0.264. The molecule has 1 atom stereocenters. The Labute approximate surface area is 49.3 Å². The van der Waals surface area contributed by atoms with Crippen LogP contribution in [0.2, 0.25) is 0 Å². The van der Waals surface area contributed by atoms with Gasteiger partial charge in [0.1, 0.15) is 5.92 Å². The number of allylic oxidation sites excluding steroid dienone is 4. The highest BCUT2D eigenvalue weighted by Gasteiger charge is 2.08. The Bertz CT molecular complexity index is 133. The molecule has 1 unspecified atom stereocenters. The maximum atomic E-state index is 8.85. The first-order valence-corrected chi connectivity index (χ1v) is 2.68. The van der Waals surface area contributed by atoms with Crippen LogP contribution in [0.1, 0.15) is 6.42 Å². The molecule has 0 heterocycles. The van der Waals surface area contributed by atoms with Crippen LogP contribution in [0, 0.1) is 12.8 Å². The highest BCUT2D eigenvalue weighted by Crippen LogP contribution is 2.14. The Balaban J connectivity index is 2.59. The van der Waals surface area contributed by atoms with E-state index in [0.717, 1.165) is 0 Å². The number of aliphatic hydroxyl groups excluding tert-OH is 1. The summed E-state index contributed by atoms with van der Waals surface area (Å²) in [5, 5.41) is 8.85. The lowest BCUT2D eigenvalue weighted by atomic mass is 10.0. The third kappa shape index (κ3) is 1.06. The van der Waals surface area contributed by atoms with Gasteiger partial charge >= 0.3 is 0 Å². The first kappa shape index (κ1) is 5.29. The van der Waals surface area contributed by atoms with Crippen molar-refractivity contribution in [3.05, 3.63) is 30.9 Å². The topological polar surface area (TPSA) is 20.2 Å². The second kappa shape index (κ2) is 1.95. The van der Waals surface area contributed by atoms with E-state index in [2.05, 4.69) is 6.92 Å². The molecule has 42 valence electrons. The summed E-state index contributed by atoms with van der Waals surface area (Å²) in [5.41, 5.74) is 0. The maximum absolute atomic E-state index is 8.85. The predicted molar refractivity (Wildman–Crippen MR) is 33.3 cm³/mol. The molecule has 0 spiro atoms. The molecule has 0 aliphatic heterocycles. The van der Waals surface area contributed by atoms with Gasteiger partial charge in [-0.3, -0.25) is 0 Å². The predicted octanol–water partition coefficient (Wildman–Crippen LogP) is 1.84. The van der Waals surface area contributed by atoms with Crippen molar-refractivity contribution in [1.82, 2.24) is 0 Å². The fourth-order valence-corrected chi connectivity index (χ4v) is 0.728. The summed E-state index contributed by atoms with van der Waals surface area (Å²) in [6.45, 7) is 3.76. The van der Waals surface area contributed by atoms with Crippen LogP contribution in [0.4, 0.5) is 0 Å². The quantitative estimate of drug-likeness (QED) is 0.470. The van der Waals surface area contributed by atoms with E-state index in [9.17, 15) is 0 Å². The van der Waals surface area contributed by atoms with Crippen LogP contribution in [-0.2, 0) is 0 Å². The van der Waals surface area contributed by atoms with E-state index in [1.54, 1.807) is 6.08 Å². The van der Waals surface area contributed by atoms with E-state index in [-0.39, 0.29) is 5.92 Å². The summed E-state index contributed by atoms with van der Waals surface area (Å²) in [7, 11) is 0. The van der Waals surface area contributed by atoms with Gasteiger partial charge in [-0.2, -0.15) is 0 Å². The van der Waals surface area contributed by atoms with Crippen molar-refractivity contribution in [3.8, 4) is 0 Å². The second-order valence-electron chi connectivity index (χ2n) is 2.01. The lowest BCUT2D eigenvalue weighted by Crippen LogP contribution is -1.95. The molecule has 0 fully saturated rings. The molecule has 0 aromatic heterocycles. The van der Waals surface area contributed by atoms with Gasteiger partial charge in [0.2, 0.25) is 0 Å². The normalized spacial score (nSPS) is 27.5. The number of hydrogen-bond donors (Lipinski definition) is 1. The molecule has 1 heteroatoms. The van der Waals surface area contributed by atoms with Crippen LogP contribution in [0.15, 0.2) is 24.0 Å². The van der Waals surface area contributed by atoms with Crippen LogP contribution in [0.3, 0.4) is 0 Å². The molecule has 0 aromatic carbocycles. The van der Waals surface area contributed by atoms with Crippen molar-refractivity contribution >= 4 is 0 Å². The van der Waals surface area contributed by atoms with Crippen LogP contribution < -0.4 is 0 Å². The third-order valence-electron chi connectivity index (χ3n) is 1.14. The molecule has 0 saturated carbocycles. The van der Waals surface area contributed by atoms with Gasteiger partial charge in [0.15, 0.2) is 0 Å². The summed E-state index contributed by atoms with van der Waals surface area (Å²) >= 11 is 0. The first-order chi connectivity index (χ1) is 3.79. The molecule has 0 saturated heterocycles. The van der Waals surface area contributed by atoms with Crippen LogP contribution in [0.5, 0.6) is 0 Å². The van der Waals surface area contributed by atoms with Crippen molar-refractivity contribution in [2.45, 2.75) is 6.42 Å². The van der Waals surface area contributed by atoms with E-state index >= 15 is 0 Å². The van der Waals surface area contributed by atoms with E-state index in [4.69, 9.17) is 5.11 Å². The van der Waals surface area contributed by atoms with Gasteiger partial charge in [-0.1, -0.05) is 6.08 Å². The van der Waals surface area contributed by atoms with Gasteiger partial charge in [0.05, 0.1) is 19.1 Å². The molecule has 0 aromatic rings. The number of hydrogen-bond acceptors (Lipinski definition) is 1. The monoisotopic (exact) mass is 109 g/mol. The molecule has 0 radical (unpaired) electrons. The fraction of sp³-hybridized carbons (Fsp3) is 0.286. The zero-order chi connectivity index (χ0) is 5.98. The largest absolute Gasteiger partial charge is 0.512 e. The smallest absolute Gasteiger partial charge is 0.121 e. The van der Waals surface area contributed by atoms with Crippen LogP contribution in [0.25, 0.3) is 0 Å². The first-order valence-electron chi connectivity index (χ1n) is 2.68. The molecular formula is C7H9O+. The van der Waals surface area contributed by atoms with E-state index in [0.29, 0.717) is 12.2 Å². The zero-order valence-corrected chi connectivity index (χ0v) is 4.67. The number of rotatable bonds is 0. The van der Waals surface area contributed by atoms with Crippen molar-refractivity contribution in [3.63, 3.8) is 0 Å². The van der Waals surface area contributed by atoms with Crippen LogP contribution >= 0.6 is 0 Å². The molecule has 1 aliphatic rings. The van der Waals surface area contributed by atoms with E-state index in [1.807, 2.05) is 12.2 Å². The van der Waals surface area contributed by atoms with Gasteiger partial charge in [-0.25, -0.2) is 0 Å². The van der Waals surface area contributed by atoms with Crippen molar-refractivity contribution in [2.24, 2.45) is 5.92 Å². The lowest BCUT2D eigenvalue weighted by Gasteiger charge is -2.02. The molecule has 8 heavy (non-hydrogen) atoms. The standard InChI is InChI=1S/C7H8O/c1-6-3-2-4-7(8)5-6/h2-4,6H,1,5H2/p+1. The molecule has 1 N–H and O–H groups in total. The molecule has 1 rings (SSSR count). The van der Waals surface area contributed by atoms with Gasteiger partial charge in [0, 0.05) is 0 Å². The average Bonchev–Trinajstić information content (AvgIpc) is 1.64. The SMILES string of the molecule is [CH2+]C1C=CC=C(O)C1. The number of aliphatic hydroxyl groups is 1. The summed E-state index contributed by atoms with van der Waals surface area (Å²) in [6, 6.07) is 0. The third-order valence-corrected chi connectivity index (χ3v) is 1.14. The summed E-state index contributed by atoms with van der Waals surface area (Å²) in [4.78, 5) is 0. The molecule has 0 bridgehead atoms. The van der Waals surface area contributed by atoms with Crippen molar-refractivity contribution < 1.29 is 5.11 Å². The van der Waals surface area contributed by atoms with E-state index < -0.39 is 0 Å². The Morgan fingerprint density at radius 3 is 2.88 bits per heavy atom. The fourth-order valence-electron chi connectivity index (χ4n) is 0.728. The van der Waals surface area contributed by atoms with Crippen molar-refractivity contribution in [1.29, 1.82) is 0 Å². The molecule has 1 aliphatic carbocycles. The van der Waals surface area contributed by atoms with Gasteiger partial charge in [-0.05, 0) is 12.2 Å². The minimum Gasteiger partial charge on any atom is -0.512 e. The summed E-state index contributed by atoms with van der Waals surface area (Å²) in [6.07, 6.45) is 6.19. The average molecular weight is 109 g/mol. The Morgan fingerprint density at radius 1 is 1.75 bits per heavy atom. The minimum absolute atomic E-state index is 0.264. The Kier molecular flexibility index (Phi) is 1.29. The van der Waals surface area contributed by atoms with Crippen molar-refractivity contribution in [2.75, 3.05) is 0 Å². The highest BCUT2D eigenvalue weighted by molar-refractivity contribution is 5.15. The zero-order valence-electron chi connectivity index (χ0n) is 4.67. The van der Waals surface area contributed by atoms with Gasteiger partial charge in [-0.15, -0.1) is 0 Å². The lowest BCUT2D eigenvalue weighted by molar-refractivity contribution is 0.375. The highest BCUT2D eigenvalue weighted by atomic mass is 16.3. The maximum Gasteiger partial charge on any atom is 0.121 e. The summed E-state index contributed by atoms with van der Waals surface area (Å²) < 4.78 is 0.